The Labute approximate surface area is 215 Å². The van der Waals surface area contributed by atoms with E-state index in [1.807, 2.05) is 50.2 Å². The van der Waals surface area contributed by atoms with Crippen molar-refractivity contribution in [3.8, 4) is 22.4 Å². The third kappa shape index (κ3) is 5.51. The monoisotopic (exact) mass is 492 g/mol. The van der Waals surface area contributed by atoms with Gasteiger partial charge in [0.2, 0.25) is 0 Å². The molecule has 2 aromatic carbocycles. The molecule has 186 valence electrons. The molecule has 0 unspecified atom stereocenters. The highest BCUT2D eigenvalue weighted by Gasteiger charge is 2.10. The minimum Gasteiger partial charge on any atom is -0.464 e. The lowest BCUT2D eigenvalue weighted by Gasteiger charge is -2.10. The second kappa shape index (κ2) is 10.6. The number of esters is 1. The van der Waals surface area contributed by atoms with Crippen LogP contribution in [0.25, 0.3) is 33.4 Å². The number of hydrogen-bond donors (Lipinski definition) is 1. The molecule has 1 N–H and O–H groups in total. The van der Waals surface area contributed by atoms with Gasteiger partial charge < -0.3 is 14.5 Å². The number of carbonyl (C=O) groups is 1. The standard InChI is InChI=1S/C30H28N4O3/c1-4-36-30(35)25-13-24(16-31-17-25)22-7-5-6-21(12-22)10-11-32-29-15-27(33-20(3)34-29)23-8-9-28-26(14-23)19(2)18-37-28/h5-9,12-18H,4,10-11H2,1-3H3,(H,32,33,34). The molecule has 0 radical (unpaired) electrons. The quantitative estimate of drug-likeness (QED) is 0.251. The Bertz CT molecular complexity index is 1570. The fourth-order valence-electron chi connectivity index (χ4n) is 4.29. The number of carbonyl (C=O) groups excluding carboxylic acids is 1. The van der Waals surface area contributed by atoms with E-state index in [1.54, 1.807) is 19.4 Å². The summed E-state index contributed by atoms with van der Waals surface area (Å²) < 4.78 is 10.7. The first-order chi connectivity index (χ1) is 18.0. The first-order valence-electron chi connectivity index (χ1n) is 12.3. The van der Waals surface area contributed by atoms with Gasteiger partial charge in [0.25, 0.3) is 0 Å². The number of ether oxygens (including phenoxy) is 1. The van der Waals surface area contributed by atoms with E-state index in [2.05, 4.69) is 38.5 Å². The molecule has 3 aromatic heterocycles. The number of aryl methyl sites for hydroxylation is 2. The summed E-state index contributed by atoms with van der Waals surface area (Å²) in [5.41, 5.74) is 7.36. The number of rotatable bonds is 8. The number of hydrogen-bond acceptors (Lipinski definition) is 7. The average molecular weight is 493 g/mol. The molecule has 0 atom stereocenters. The molecule has 5 rings (SSSR count). The number of nitrogens with zero attached hydrogens (tertiary/aromatic N) is 3. The van der Waals surface area contributed by atoms with Crippen LogP contribution in [0.1, 0.15) is 34.2 Å². The van der Waals surface area contributed by atoms with Crippen molar-refractivity contribution in [2.24, 2.45) is 0 Å². The summed E-state index contributed by atoms with van der Waals surface area (Å²) in [5, 5.41) is 4.53. The van der Waals surface area contributed by atoms with Gasteiger partial charge in [-0.2, -0.15) is 0 Å². The fraction of sp³-hybridized carbons (Fsp3) is 0.200. The van der Waals surface area contributed by atoms with Gasteiger partial charge in [-0.3, -0.25) is 4.98 Å². The van der Waals surface area contributed by atoms with Crippen LogP contribution in [0.3, 0.4) is 0 Å². The number of furan rings is 1. The molecular formula is C30H28N4O3. The Kier molecular flexibility index (Phi) is 6.94. The summed E-state index contributed by atoms with van der Waals surface area (Å²) in [6, 6.07) is 18.1. The van der Waals surface area contributed by atoms with Crippen molar-refractivity contribution in [2.45, 2.75) is 27.2 Å². The van der Waals surface area contributed by atoms with Crippen molar-refractivity contribution < 1.29 is 13.9 Å². The van der Waals surface area contributed by atoms with E-state index < -0.39 is 0 Å². The van der Waals surface area contributed by atoms with Crippen LogP contribution < -0.4 is 5.32 Å². The van der Waals surface area contributed by atoms with Crippen LogP contribution in [0.4, 0.5) is 5.82 Å². The highest BCUT2D eigenvalue weighted by molar-refractivity contribution is 5.90. The summed E-state index contributed by atoms with van der Waals surface area (Å²) >= 11 is 0. The van der Waals surface area contributed by atoms with Crippen LogP contribution in [0, 0.1) is 13.8 Å². The Hall–Kier alpha value is -4.52. The summed E-state index contributed by atoms with van der Waals surface area (Å²) in [6.07, 6.45) is 5.86. The maximum atomic E-state index is 12.1. The molecule has 7 heteroatoms. The van der Waals surface area contributed by atoms with Gasteiger partial charge in [0.15, 0.2) is 0 Å². The van der Waals surface area contributed by atoms with E-state index in [1.165, 1.54) is 11.8 Å². The lowest BCUT2D eigenvalue weighted by Crippen LogP contribution is -2.08. The van der Waals surface area contributed by atoms with Crippen LogP contribution in [-0.2, 0) is 11.2 Å². The van der Waals surface area contributed by atoms with Crippen LogP contribution in [0.5, 0.6) is 0 Å². The first-order valence-corrected chi connectivity index (χ1v) is 12.3. The Balaban J connectivity index is 1.28. The van der Waals surface area contributed by atoms with Crippen LogP contribution in [-0.4, -0.2) is 34.1 Å². The third-order valence-electron chi connectivity index (χ3n) is 6.13. The van der Waals surface area contributed by atoms with E-state index in [0.717, 1.165) is 51.2 Å². The molecular weight excluding hydrogens is 464 g/mol. The highest BCUT2D eigenvalue weighted by Crippen LogP contribution is 2.28. The van der Waals surface area contributed by atoms with Gasteiger partial charge >= 0.3 is 5.97 Å². The van der Waals surface area contributed by atoms with Crippen molar-refractivity contribution in [1.82, 2.24) is 15.0 Å². The SMILES string of the molecule is CCOC(=O)c1cncc(-c2cccc(CCNc3cc(-c4ccc5occ(C)c5c4)nc(C)n3)c2)c1. The molecule has 0 aliphatic rings. The van der Waals surface area contributed by atoms with E-state index in [0.29, 0.717) is 24.5 Å². The zero-order valence-corrected chi connectivity index (χ0v) is 21.1. The largest absolute Gasteiger partial charge is 0.464 e. The first kappa shape index (κ1) is 24.2. The van der Waals surface area contributed by atoms with E-state index in [-0.39, 0.29) is 5.97 Å². The molecule has 0 bridgehead atoms. The zero-order chi connectivity index (χ0) is 25.8. The van der Waals surface area contributed by atoms with Gasteiger partial charge in [-0.15, -0.1) is 0 Å². The summed E-state index contributed by atoms with van der Waals surface area (Å²) in [5.74, 6) is 1.13. The molecule has 0 aliphatic carbocycles. The Morgan fingerprint density at radius 2 is 1.86 bits per heavy atom. The minimum atomic E-state index is -0.364. The number of anilines is 1. The average Bonchev–Trinajstić information content (AvgIpc) is 3.29. The molecule has 0 fully saturated rings. The van der Waals surface area contributed by atoms with Crippen molar-refractivity contribution in [2.75, 3.05) is 18.5 Å². The summed E-state index contributed by atoms with van der Waals surface area (Å²) in [4.78, 5) is 25.5. The number of benzene rings is 2. The van der Waals surface area contributed by atoms with Crippen molar-refractivity contribution in [3.63, 3.8) is 0 Å². The summed E-state index contributed by atoms with van der Waals surface area (Å²) in [6.45, 7) is 6.77. The van der Waals surface area contributed by atoms with E-state index in [9.17, 15) is 4.79 Å². The lowest BCUT2D eigenvalue weighted by atomic mass is 10.0. The molecule has 0 spiro atoms. The molecule has 5 aromatic rings. The van der Waals surface area contributed by atoms with Crippen LogP contribution in [0.2, 0.25) is 0 Å². The summed E-state index contributed by atoms with van der Waals surface area (Å²) in [7, 11) is 0. The third-order valence-corrected chi connectivity index (χ3v) is 6.13. The van der Waals surface area contributed by atoms with Gasteiger partial charge in [0.1, 0.15) is 17.2 Å². The van der Waals surface area contributed by atoms with Crippen LogP contribution in [0.15, 0.2) is 77.7 Å². The highest BCUT2D eigenvalue weighted by atomic mass is 16.5. The molecule has 0 aliphatic heterocycles. The van der Waals surface area contributed by atoms with Gasteiger partial charge in [0.05, 0.1) is 24.1 Å². The van der Waals surface area contributed by atoms with Crippen molar-refractivity contribution >= 4 is 22.8 Å². The van der Waals surface area contributed by atoms with E-state index >= 15 is 0 Å². The minimum absolute atomic E-state index is 0.332. The fourth-order valence-corrected chi connectivity index (χ4v) is 4.29. The molecule has 0 saturated heterocycles. The smallest absolute Gasteiger partial charge is 0.339 e. The van der Waals surface area contributed by atoms with Crippen molar-refractivity contribution in [1.29, 1.82) is 0 Å². The molecule has 3 heterocycles. The molecule has 0 amide bonds. The maximum absolute atomic E-state index is 12.1. The number of fused-ring (bicyclic) bond motifs is 1. The maximum Gasteiger partial charge on any atom is 0.339 e. The van der Waals surface area contributed by atoms with E-state index in [4.69, 9.17) is 9.15 Å². The normalized spacial score (nSPS) is 11.0. The predicted molar refractivity (Wildman–Crippen MR) is 145 cm³/mol. The Morgan fingerprint density at radius 1 is 0.973 bits per heavy atom. The predicted octanol–water partition coefficient (Wildman–Crippen LogP) is 6.40. The van der Waals surface area contributed by atoms with Crippen LogP contribution >= 0.6 is 0 Å². The topological polar surface area (TPSA) is 90.1 Å². The number of pyridine rings is 1. The molecule has 37 heavy (non-hydrogen) atoms. The molecule has 0 saturated carbocycles. The Morgan fingerprint density at radius 3 is 2.73 bits per heavy atom. The lowest BCUT2D eigenvalue weighted by molar-refractivity contribution is 0.0526. The van der Waals surface area contributed by atoms with Gasteiger partial charge in [-0.1, -0.05) is 24.3 Å². The number of aromatic nitrogens is 3. The van der Waals surface area contributed by atoms with Gasteiger partial charge in [-0.25, -0.2) is 14.8 Å². The van der Waals surface area contributed by atoms with Gasteiger partial charge in [0, 0.05) is 41.5 Å². The van der Waals surface area contributed by atoms with Gasteiger partial charge in [-0.05, 0) is 68.1 Å². The number of nitrogens with one attached hydrogen (secondary N) is 1. The second-order valence-corrected chi connectivity index (χ2v) is 8.88. The van der Waals surface area contributed by atoms with Crippen molar-refractivity contribution in [3.05, 3.63) is 95.8 Å². The molecule has 7 nitrogen and oxygen atoms in total. The second-order valence-electron chi connectivity index (χ2n) is 8.88. The zero-order valence-electron chi connectivity index (χ0n) is 21.1.